The Bertz CT molecular complexity index is 1340. The summed E-state index contributed by atoms with van der Waals surface area (Å²) in [5, 5.41) is 0. The minimum Gasteiger partial charge on any atom is -0.469 e. The van der Waals surface area contributed by atoms with Crippen LogP contribution in [0.5, 0.6) is 5.88 Å². The highest BCUT2D eigenvalue weighted by Gasteiger charge is 2.58. The van der Waals surface area contributed by atoms with Crippen LogP contribution in [0, 0.1) is 0 Å². The van der Waals surface area contributed by atoms with E-state index in [0.29, 0.717) is 0 Å². The Balaban J connectivity index is 2.15. The van der Waals surface area contributed by atoms with Gasteiger partial charge in [0.05, 0.1) is 16.8 Å². The van der Waals surface area contributed by atoms with E-state index in [-0.39, 0.29) is 39.4 Å². The maximum Gasteiger partial charge on any atom is 0.456 e. The predicted octanol–water partition coefficient (Wildman–Crippen LogP) is 3.14. The smallest absolute Gasteiger partial charge is 0.456 e. The van der Waals surface area contributed by atoms with Gasteiger partial charge < -0.3 is 9.64 Å². The first-order valence-electron chi connectivity index (χ1n) is 9.57. The normalized spacial score (nSPS) is 12.7. The lowest BCUT2D eigenvalue weighted by Gasteiger charge is -2.19. The van der Waals surface area contributed by atoms with Crippen molar-refractivity contribution in [2.75, 3.05) is 24.3 Å². The third-order valence-electron chi connectivity index (χ3n) is 4.81. The molecule has 3 rings (SSSR count). The second kappa shape index (κ2) is 8.77. The molecule has 15 heteroatoms. The van der Waals surface area contributed by atoms with Crippen LogP contribution in [0.2, 0.25) is 0 Å². The molecule has 0 radical (unpaired) electrons. The van der Waals surface area contributed by atoms with Crippen LogP contribution in [0.4, 0.5) is 27.8 Å². The first-order chi connectivity index (χ1) is 15.7. The molecule has 1 amide bonds. The maximum absolute atomic E-state index is 13.3. The van der Waals surface area contributed by atoms with Crippen molar-refractivity contribution in [3.8, 4) is 17.4 Å². The number of carbonyl (C=O) groups is 1. The van der Waals surface area contributed by atoms with E-state index < -0.39 is 34.4 Å². The number of hydrogen-bond acceptors (Lipinski definition) is 7. The zero-order valence-electron chi connectivity index (χ0n) is 18.0. The van der Waals surface area contributed by atoms with Crippen molar-refractivity contribution in [3.63, 3.8) is 0 Å². The number of pyridine rings is 1. The summed E-state index contributed by atoms with van der Waals surface area (Å²) < 4.78 is 95.1. The van der Waals surface area contributed by atoms with E-state index in [2.05, 4.69) is 19.7 Å². The number of ether oxygens (including phenoxy) is 1. The molecule has 9 nitrogen and oxygen atoms in total. The van der Waals surface area contributed by atoms with Crippen LogP contribution in [0.15, 0.2) is 35.6 Å². The number of nitrogens with zero attached hydrogens (tertiary/aromatic N) is 5. The molecule has 0 aromatic carbocycles. The Morgan fingerprint density at radius 1 is 1.18 bits per heavy atom. The second-order valence-electron chi connectivity index (χ2n) is 7.06. The largest absolute Gasteiger partial charge is 0.469 e. The number of carbonyl (C=O) groups excluding carboxylic acids is 1. The van der Waals surface area contributed by atoms with E-state index in [9.17, 15) is 35.2 Å². The highest BCUT2D eigenvalue weighted by atomic mass is 32.2. The zero-order valence-corrected chi connectivity index (χ0v) is 18.8. The quantitative estimate of drug-likeness (QED) is 0.452. The van der Waals surface area contributed by atoms with E-state index >= 15 is 0 Å². The first kappa shape index (κ1) is 25.3. The molecule has 0 atom stereocenters. The predicted molar refractivity (Wildman–Crippen MR) is 110 cm³/mol. The molecule has 0 saturated carbocycles. The Morgan fingerprint density at radius 2 is 1.85 bits per heavy atom. The molecule has 3 heterocycles. The van der Waals surface area contributed by atoms with E-state index in [0.717, 1.165) is 17.3 Å². The summed E-state index contributed by atoms with van der Waals surface area (Å²) in [6, 6.07) is 2.58. The lowest BCUT2D eigenvalue weighted by molar-refractivity contribution is -0.290. The van der Waals surface area contributed by atoms with Crippen molar-refractivity contribution >= 4 is 27.1 Å². The fraction of sp³-hybridized carbons (Fsp3) is 0.368. The van der Waals surface area contributed by atoms with Crippen molar-refractivity contribution in [1.82, 2.24) is 19.4 Å². The number of sulfone groups is 1. The van der Waals surface area contributed by atoms with Crippen molar-refractivity contribution in [3.05, 3.63) is 30.7 Å². The van der Waals surface area contributed by atoms with Gasteiger partial charge in [0, 0.05) is 26.4 Å². The first-order valence-corrected chi connectivity index (χ1v) is 11.2. The zero-order chi connectivity index (χ0) is 25.5. The number of hydrogen-bond donors (Lipinski definition) is 0. The molecule has 0 bridgehead atoms. The molecule has 3 aromatic rings. The standard InChI is InChI=1S/C19H18F5N5O4S/c1-4-34(31,32)13-5-6-14(28(3)11(2)30)27-15(13)16-26-9-12-17(25-7-8-29(12)16)33-10-18(20,21)19(22,23)24/h5-9H,4,10H2,1-3H3. The molecular formula is C19H18F5N5O4S. The molecule has 0 fully saturated rings. The van der Waals surface area contributed by atoms with Gasteiger partial charge in [0.2, 0.25) is 11.8 Å². The van der Waals surface area contributed by atoms with Crippen molar-refractivity contribution < 1.29 is 39.9 Å². The number of halogens is 5. The van der Waals surface area contributed by atoms with Crippen molar-refractivity contribution in [2.24, 2.45) is 0 Å². The fourth-order valence-corrected chi connectivity index (χ4v) is 3.80. The Morgan fingerprint density at radius 3 is 2.44 bits per heavy atom. The van der Waals surface area contributed by atoms with Gasteiger partial charge in [0.15, 0.2) is 22.3 Å². The Labute approximate surface area is 190 Å². The molecule has 184 valence electrons. The number of alkyl halides is 5. The van der Waals surface area contributed by atoms with E-state index in [1.165, 1.54) is 43.6 Å². The van der Waals surface area contributed by atoms with Gasteiger partial charge in [-0.05, 0) is 12.1 Å². The van der Waals surface area contributed by atoms with Crippen LogP contribution in [-0.4, -0.2) is 65.2 Å². The Hall–Kier alpha value is -3.36. The highest BCUT2D eigenvalue weighted by Crippen LogP contribution is 2.36. The Kier molecular flexibility index (Phi) is 6.52. The van der Waals surface area contributed by atoms with Crippen LogP contribution >= 0.6 is 0 Å². The average molecular weight is 507 g/mol. The fourth-order valence-electron chi connectivity index (χ4n) is 2.78. The van der Waals surface area contributed by atoms with Gasteiger partial charge in [-0.1, -0.05) is 6.92 Å². The number of aromatic nitrogens is 4. The van der Waals surface area contributed by atoms with Gasteiger partial charge in [-0.2, -0.15) is 22.0 Å². The summed E-state index contributed by atoms with van der Waals surface area (Å²) >= 11 is 0. The number of fused-ring (bicyclic) bond motifs is 1. The highest BCUT2D eigenvalue weighted by molar-refractivity contribution is 7.91. The minimum absolute atomic E-state index is 0.0874. The molecule has 0 aliphatic rings. The van der Waals surface area contributed by atoms with E-state index in [1.807, 2.05) is 0 Å². The third-order valence-corrected chi connectivity index (χ3v) is 6.57. The number of amides is 1. The van der Waals surface area contributed by atoms with Crippen molar-refractivity contribution in [1.29, 1.82) is 0 Å². The summed E-state index contributed by atoms with van der Waals surface area (Å²) in [4.78, 5) is 24.7. The lowest BCUT2D eigenvalue weighted by atomic mass is 10.3. The van der Waals surface area contributed by atoms with Gasteiger partial charge >= 0.3 is 12.1 Å². The monoisotopic (exact) mass is 507 g/mol. The molecule has 0 aliphatic heterocycles. The van der Waals surface area contributed by atoms with Gasteiger partial charge in [-0.25, -0.2) is 23.4 Å². The third kappa shape index (κ3) is 4.64. The summed E-state index contributed by atoms with van der Waals surface area (Å²) in [6.07, 6.45) is -2.43. The molecular weight excluding hydrogens is 489 g/mol. The molecule has 0 saturated heterocycles. The molecule has 0 unspecified atom stereocenters. The van der Waals surface area contributed by atoms with Crippen LogP contribution in [0.1, 0.15) is 13.8 Å². The maximum atomic E-state index is 13.3. The topological polar surface area (TPSA) is 107 Å². The van der Waals surface area contributed by atoms with Gasteiger partial charge in [0.1, 0.15) is 17.0 Å². The molecule has 0 spiro atoms. The van der Waals surface area contributed by atoms with Crippen LogP contribution in [0.25, 0.3) is 17.0 Å². The summed E-state index contributed by atoms with van der Waals surface area (Å²) in [5.41, 5.74) is -0.271. The minimum atomic E-state index is -5.82. The average Bonchev–Trinajstić information content (AvgIpc) is 3.20. The molecule has 34 heavy (non-hydrogen) atoms. The van der Waals surface area contributed by atoms with Crippen LogP contribution in [-0.2, 0) is 14.6 Å². The molecule has 0 aliphatic carbocycles. The van der Waals surface area contributed by atoms with Crippen LogP contribution in [0.3, 0.4) is 0 Å². The van der Waals surface area contributed by atoms with E-state index in [1.54, 1.807) is 0 Å². The van der Waals surface area contributed by atoms with Gasteiger partial charge in [-0.3, -0.25) is 9.20 Å². The van der Waals surface area contributed by atoms with Gasteiger partial charge in [-0.15, -0.1) is 0 Å². The van der Waals surface area contributed by atoms with Crippen LogP contribution < -0.4 is 9.64 Å². The second-order valence-corrected chi connectivity index (χ2v) is 9.30. The molecule has 0 N–H and O–H groups in total. The summed E-state index contributed by atoms with van der Waals surface area (Å²) in [6.45, 7) is 0.667. The number of imidazole rings is 1. The van der Waals surface area contributed by atoms with E-state index in [4.69, 9.17) is 0 Å². The lowest BCUT2D eigenvalue weighted by Crippen LogP contribution is -2.41. The number of rotatable bonds is 7. The van der Waals surface area contributed by atoms with Gasteiger partial charge in [0.25, 0.3) is 0 Å². The number of anilines is 1. The van der Waals surface area contributed by atoms with Crippen molar-refractivity contribution in [2.45, 2.75) is 30.8 Å². The summed E-state index contributed by atoms with van der Waals surface area (Å²) in [7, 11) is -2.41. The summed E-state index contributed by atoms with van der Waals surface area (Å²) in [5.74, 6) is -6.36. The SMILES string of the molecule is CCS(=O)(=O)c1ccc(N(C)C(C)=O)nc1-c1ncc2c(OCC(F)(F)C(F)(F)F)nccn12. The molecule has 3 aromatic heterocycles.